The molecule has 0 atom stereocenters. The number of ketones is 1. The molecule has 0 amide bonds. The van der Waals surface area contributed by atoms with Gasteiger partial charge >= 0.3 is 5.82 Å². The Morgan fingerprint density at radius 2 is 2.46 bits per heavy atom. The third-order valence-electron chi connectivity index (χ3n) is 1.58. The van der Waals surface area contributed by atoms with E-state index in [-0.39, 0.29) is 18.0 Å². The van der Waals surface area contributed by atoms with E-state index in [2.05, 4.69) is 4.98 Å². The molecule has 1 heterocycles. The fraction of sp³-hybridized carbons (Fsp3) is 0.429. The van der Waals surface area contributed by atoms with Gasteiger partial charge in [-0.05, 0) is 11.8 Å². The van der Waals surface area contributed by atoms with E-state index in [0.717, 1.165) is 0 Å². The van der Waals surface area contributed by atoms with Gasteiger partial charge in [-0.15, -0.1) is 0 Å². The zero-order valence-electron chi connectivity index (χ0n) is 7.14. The van der Waals surface area contributed by atoms with Crippen LogP contribution in [0.1, 0.15) is 13.3 Å². The molecule has 0 aromatic carbocycles. The lowest BCUT2D eigenvalue weighted by Crippen LogP contribution is -2.04. The van der Waals surface area contributed by atoms with Crippen molar-refractivity contribution in [3.05, 3.63) is 22.6 Å². The van der Waals surface area contributed by atoms with Gasteiger partial charge in [0.15, 0.2) is 6.33 Å². The Morgan fingerprint density at radius 3 is 3.00 bits per heavy atom. The SMILES string of the molecule is CC(=O)CCn1cncc1[N+](=O)[O-]. The summed E-state index contributed by atoms with van der Waals surface area (Å²) >= 11 is 0. The van der Waals surface area contributed by atoms with Gasteiger partial charge in [0.1, 0.15) is 12.0 Å². The first kappa shape index (κ1) is 9.37. The predicted molar refractivity (Wildman–Crippen MR) is 44.2 cm³/mol. The van der Waals surface area contributed by atoms with E-state index < -0.39 is 4.92 Å². The van der Waals surface area contributed by atoms with Crippen LogP contribution in [0.4, 0.5) is 5.82 Å². The summed E-state index contributed by atoms with van der Waals surface area (Å²) in [5.74, 6) is -0.0794. The standard InChI is InChI=1S/C7H9N3O3/c1-6(11)2-3-9-5-8-4-7(9)10(12)13/h4-5H,2-3H2,1H3. The van der Waals surface area contributed by atoms with E-state index in [9.17, 15) is 14.9 Å². The van der Waals surface area contributed by atoms with Gasteiger partial charge in [0.25, 0.3) is 0 Å². The number of hydrogen-bond acceptors (Lipinski definition) is 4. The highest BCUT2D eigenvalue weighted by molar-refractivity contribution is 5.75. The van der Waals surface area contributed by atoms with Crippen LogP contribution < -0.4 is 0 Å². The molecule has 0 fully saturated rings. The van der Waals surface area contributed by atoms with Crippen molar-refractivity contribution in [2.24, 2.45) is 0 Å². The van der Waals surface area contributed by atoms with Crippen LogP contribution in [0.15, 0.2) is 12.5 Å². The van der Waals surface area contributed by atoms with Gasteiger partial charge in [0.2, 0.25) is 0 Å². The van der Waals surface area contributed by atoms with E-state index in [1.807, 2.05) is 0 Å². The third-order valence-corrected chi connectivity index (χ3v) is 1.58. The molecule has 6 nitrogen and oxygen atoms in total. The van der Waals surface area contributed by atoms with Crippen molar-refractivity contribution < 1.29 is 9.72 Å². The maximum absolute atomic E-state index is 10.6. The van der Waals surface area contributed by atoms with Gasteiger partial charge < -0.3 is 10.1 Å². The lowest BCUT2D eigenvalue weighted by Gasteiger charge is -1.97. The maximum Gasteiger partial charge on any atom is 0.342 e. The van der Waals surface area contributed by atoms with E-state index in [1.165, 1.54) is 24.0 Å². The van der Waals surface area contributed by atoms with Gasteiger partial charge in [0.05, 0.1) is 6.54 Å². The fourth-order valence-corrected chi connectivity index (χ4v) is 0.916. The molecule has 0 spiro atoms. The van der Waals surface area contributed by atoms with Crippen molar-refractivity contribution in [2.75, 3.05) is 0 Å². The molecular formula is C7H9N3O3. The zero-order chi connectivity index (χ0) is 9.84. The van der Waals surface area contributed by atoms with Crippen LogP contribution in [0.3, 0.4) is 0 Å². The molecular weight excluding hydrogens is 174 g/mol. The molecule has 0 unspecified atom stereocenters. The number of carbonyl (C=O) groups is 1. The minimum absolute atomic E-state index is 0.00278. The van der Waals surface area contributed by atoms with Crippen LogP contribution >= 0.6 is 0 Å². The predicted octanol–water partition coefficient (Wildman–Crippen LogP) is 0.770. The zero-order valence-corrected chi connectivity index (χ0v) is 7.14. The first-order valence-electron chi connectivity index (χ1n) is 3.75. The number of imidazole rings is 1. The molecule has 1 rings (SSSR count). The molecule has 0 aliphatic rings. The highest BCUT2D eigenvalue weighted by Gasteiger charge is 2.12. The molecule has 0 saturated carbocycles. The van der Waals surface area contributed by atoms with E-state index in [4.69, 9.17) is 0 Å². The number of nitrogens with zero attached hydrogens (tertiary/aromatic N) is 3. The molecule has 1 aromatic rings. The van der Waals surface area contributed by atoms with Crippen molar-refractivity contribution in [1.29, 1.82) is 0 Å². The Morgan fingerprint density at radius 1 is 1.77 bits per heavy atom. The largest absolute Gasteiger partial charge is 0.358 e. The minimum Gasteiger partial charge on any atom is -0.358 e. The Balaban J connectivity index is 2.71. The molecule has 6 heteroatoms. The van der Waals surface area contributed by atoms with Gasteiger partial charge in [-0.25, -0.2) is 9.55 Å². The van der Waals surface area contributed by atoms with Crippen LogP contribution in [0.25, 0.3) is 0 Å². The van der Waals surface area contributed by atoms with Crippen molar-refractivity contribution in [3.63, 3.8) is 0 Å². The second-order valence-electron chi connectivity index (χ2n) is 2.65. The summed E-state index contributed by atoms with van der Waals surface area (Å²) in [7, 11) is 0. The molecule has 0 aliphatic heterocycles. The Labute approximate surface area is 74.3 Å². The average Bonchev–Trinajstić information content (AvgIpc) is 2.47. The van der Waals surface area contributed by atoms with Crippen molar-refractivity contribution in [1.82, 2.24) is 9.55 Å². The first-order valence-corrected chi connectivity index (χ1v) is 3.75. The summed E-state index contributed by atoms with van der Waals surface area (Å²) in [6.07, 6.45) is 2.80. The van der Waals surface area contributed by atoms with Gasteiger partial charge in [-0.1, -0.05) is 0 Å². The fourth-order valence-electron chi connectivity index (χ4n) is 0.916. The monoisotopic (exact) mass is 183 g/mol. The smallest absolute Gasteiger partial charge is 0.342 e. The lowest BCUT2D eigenvalue weighted by molar-refractivity contribution is -0.392. The summed E-state index contributed by atoms with van der Waals surface area (Å²) in [6.45, 7) is 1.76. The molecule has 13 heavy (non-hydrogen) atoms. The quantitative estimate of drug-likeness (QED) is 0.510. The van der Waals surface area contributed by atoms with Crippen molar-refractivity contribution in [2.45, 2.75) is 19.9 Å². The normalized spacial score (nSPS) is 9.92. The minimum atomic E-state index is -0.521. The summed E-state index contributed by atoms with van der Waals surface area (Å²) in [5.41, 5.74) is 0. The Kier molecular flexibility index (Phi) is 2.73. The van der Waals surface area contributed by atoms with Gasteiger partial charge in [-0.2, -0.15) is 0 Å². The molecule has 0 aliphatic carbocycles. The summed E-state index contributed by atoms with van der Waals surface area (Å²) in [4.78, 5) is 24.1. The van der Waals surface area contributed by atoms with Gasteiger partial charge in [0, 0.05) is 6.42 Å². The second-order valence-corrected chi connectivity index (χ2v) is 2.65. The molecule has 0 bridgehead atoms. The van der Waals surface area contributed by atoms with Crippen LogP contribution in [0, 0.1) is 10.1 Å². The molecule has 0 radical (unpaired) electrons. The summed E-state index contributed by atoms with van der Waals surface area (Å²) < 4.78 is 1.35. The number of Topliss-reactive ketones (excluding diaryl/α,β-unsaturated/α-hetero) is 1. The Bertz CT molecular complexity index is 331. The van der Waals surface area contributed by atoms with Crippen molar-refractivity contribution >= 4 is 11.6 Å². The maximum atomic E-state index is 10.6. The molecule has 0 saturated heterocycles. The van der Waals surface area contributed by atoms with E-state index in [0.29, 0.717) is 6.54 Å². The number of nitro groups is 1. The van der Waals surface area contributed by atoms with E-state index in [1.54, 1.807) is 0 Å². The first-order chi connectivity index (χ1) is 6.11. The number of rotatable bonds is 4. The van der Waals surface area contributed by atoms with E-state index >= 15 is 0 Å². The van der Waals surface area contributed by atoms with Crippen LogP contribution in [0.2, 0.25) is 0 Å². The molecule has 0 N–H and O–H groups in total. The summed E-state index contributed by atoms with van der Waals surface area (Å²) in [6, 6.07) is 0. The highest BCUT2D eigenvalue weighted by atomic mass is 16.6. The average molecular weight is 183 g/mol. The topological polar surface area (TPSA) is 78.0 Å². The summed E-state index contributed by atoms with van der Waals surface area (Å²) in [5, 5.41) is 10.4. The molecule has 70 valence electrons. The van der Waals surface area contributed by atoms with Crippen molar-refractivity contribution in [3.8, 4) is 0 Å². The second kappa shape index (κ2) is 3.79. The van der Waals surface area contributed by atoms with Crippen LogP contribution in [0.5, 0.6) is 0 Å². The molecule has 1 aromatic heterocycles. The number of aryl methyl sites for hydroxylation is 1. The third kappa shape index (κ3) is 2.36. The lowest BCUT2D eigenvalue weighted by atomic mass is 10.3. The number of hydrogen-bond donors (Lipinski definition) is 0. The Hall–Kier alpha value is -1.72. The van der Waals surface area contributed by atoms with Crippen LogP contribution in [-0.4, -0.2) is 20.3 Å². The highest BCUT2D eigenvalue weighted by Crippen LogP contribution is 2.09. The van der Waals surface area contributed by atoms with Gasteiger partial charge in [-0.3, -0.25) is 4.79 Å². The number of carbonyl (C=O) groups excluding carboxylic acids is 1. The number of aromatic nitrogens is 2. The van der Waals surface area contributed by atoms with Crippen LogP contribution in [-0.2, 0) is 11.3 Å².